The number of fused-ring (bicyclic) bond motifs is 2. The summed E-state index contributed by atoms with van der Waals surface area (Å²) in [6, 6.07) is 37.4. The second-order valence-electron chi connectivity index (χ2n) is 7.92. The van der Waals surface area contributed by atoms with Crippen molar-refractivity contribution in [3.8, 4) is 33.9 Å². The van der Waals surface area contributed by atoms with Crippen LogP contribution in [0.5, 0.6) is 0 Å². The quantitative estimate of drug-likeness (QED) is 0.279. The molecule has 1 aromatic heterocycles. The number of nitrogens with zero attached hydrogens (tertiary/aromatic N) is 3. The number of aromatic nitrogens is 3. The highest BCUT2D eigenvalue weighted by Gasteiger charge is 2.13. The van der Waals surface area contributed by atoms with Crippen molar-refractivity contribution in [2.45, 2.75) is 0 Å². The number of halogens is 1. The van der Waals surface area contributed by atoms with Crippen LogP contribution in [-0.2, 0) is 0 Å². The maximum Gasteiger partial charge on any atom is 0.226 e. The second-order valence-corrected chi connectivity index (χ2v) is 8.26. The molecule has 0 atom stereocenters. The van der Waals surface area contributed by atoms with E-state index in [-0.39, 0.29) is 5.28 Å². The van der Waals surface area contributed by atoms with Crippen molar-refractivity contribution < 1.29 is 0 Å². The van der Waals surface area contributed by atoms with Gasteiger partial charge in [0.05, 0.1) is 0 Å². The maximum absolute atomic E-state index is 6.32. The van der Waals surface area contributed by atoms with Crippen LogP contribution in [0.1, 0.15) is 0 Å². The summed E-state index contributed by atoms with van der Waals surface area (Å²) >= 11 is 6.32. The topological polar surface area (TPSA) is 38.7 Å². The second kappa shape index (κ2) is 8.12. The molecule has 3 nitrogen and oxygen atoms in total. The number of hydrogen-bond acceptors (Lipinski definition) is 3. The fraction of sp³-hybridized carbons (Fsp3) is 0. The summed E-state index contributed by atoms with van der Waals surface area (Å²) in [5.74, 6) is 1.13. The molecule has 6 rings (SSSR count). The Bertz CT molecular complexity index is 1630. The average Bonchev–Trinajstić information content (AvgIpc) is 2.88. The molecule has 0 bridgehead atoms. The van der Waals surface area contributed by atoms with E-state index in [1.165, 1.54) is 16.3 Å². The predicted molar refractivity (Wildman–Crippen MR) is 136 cm³/mol. The van der Waals surface area contributed by atoms with E-state index in [1.54, 1.807) is 0 Å². The first kappa shape index (κ1) is 19.6. The first-order valence-corrected chi connectivity index (χ1v) is 11.1. The van der Waals surface area contributed by atoms with Gasteiger partial charge in [-0.15, -0.1) is 0 Å². The van der Waals surface area contributed by atoms with E-state index in [4.69, 9.17) is 16.6 Å². The molecule has 6 aromatic rings. The lowest BCUT2D eigenvalue weighted by Crippen LogP contribution is -1.97. The molecule has 0 aliphatic carbocycles. The molecule has 0 amide bonds. The van der Waals surface area contributed by atoms with E-state index in [1.807, 2.05) is 42.5 Å². The molecule has 1 heterocycles. The molecule has 0 aliphatic rings. The highest BCUT2D eigenvalue weighted by molar-refractivity contribution is 6.28. The highest BCUT2D eigenvalue weighted by atomic mass is 35.5. The van der Waals surface area contributed by atoms with Crippen LogP contribution in [-0.4, -0.2) is 15.0 Å². The fourth-order valence-electron chi connectivity index (χ4n) is 4.20. The van der Waals surface area contributed by atoms with E-state index in [0.29, 0.717) is 11.6 Å². The van der Waals surface area contributed by atoms with Gasteiger partial charge in [0.2, 0.25) is 5.28 Å². The van der Waals surface area contributed by atoms with Crippen molar-refractivity contribution in [1.82, 2.24) is 15.0 Å². The van der Waals surface area contributed by atoms with Crippen molar-refractivity contribution in [2.75, 3.05) is 0 Å². The third-order valence-corrected chi connectivity index (χ3v) is 6.01. The van der Waals surface area contributed by atoms with Crippen LogP contribution in [0.2, 0.25) is 5.28 Å². The SMILES string of the molecule is Clc1nc(-c2ccccc2)nc(-c2cccc3ccc(-c4ccc5ccccc5c4)cc23)n1. The van der Waals surface area contributed by atoms with Gasteiger partial charge >= 0.3 is 0 Å². The Hall–Kier alpha value is -4.08. The Morgan fingerprint density at radius 1 is 0.455 bits per heavy atom. The van der Waals surface area contributed by atoms with Gasteiger partial charge in [-0.05, 0) is 56.4 Å². The van der Waals surface area contributed by atoms with Gasteiger partial charge in [-0.25, -0.2) is 4.98 Å². The van der Waals surface area contributed by atoms with Crippen LogP contribution >= 0.6 is 11.6 Å². The van der Waals surface area contributed by atoms with Gasteiger partial charge in [0.15, 0.2) is 11.6 Å². The van der Waals surface area contributed by atoms with E-state index in [0.717, 1.165) is 27.5 Å². The zero-order valence-electron chi connectivity index (χ0n) is 17.6. The Balaban J connectivity index is 1.52. The molecule has 0 saturated heterocycles. The molecule has 5 aromatic carbocycles. The standard InChI is InChI=1S/C29H18ClN3/c30-29-32-27(21-8-2-1-3-9-21)31-28(33-29)25-12-6-11-20-14-16-24(18-26(20)25)23-15-13-19-7-4-5-10-22(19)17-23/h1-18H. The van der Waals surface area contributed by atoms with E-state index in [9.17, 15) is 0 Å². The summed E-state index contributed by atoms with van der Waals surface area (Å²) < 4.78 is 0. The molecular weight excluding hydrogens is 426 g/mol. The number of hydrogen-bond donors (Lipinski definition) is 0. The van der Waals surface area contributed by atoms with Crippen molar-refractivity contribution >= 4 is 33.1 Å². The molecule has 0 aliphatic heterocycles. The largest absolute Gasteiger partial charge is 0.226 e. The van der Waals surface area contributed by atoms with Crippen LogP contribution < -0.4 is 0 Å². The Kier molecular flexibility index (Phi) is 4.82. The molecule has 0 saturated carbocycles. The number of benzene rings is 5. The third-order valence-electron chi connectivity index (χ3n) is 5.85. The molecule has 156 valence electrons. The first-order valence-electron chi connectivity index (χ1n) is 10.7. The minimum Gasteiger partial charge on any atom is -0.208 e. The monoisotopic (exact) mass is 443 g/mol. The third kappa shape index (κ3) is 3.73. The summed E-state index contributed by atoms with van der Waals surface area (Å²) in [6.45, 7) is 0. The van der Waals surface area contributed by atoms with Gasteiger partial charge in [0.25, 0.3) is 0 Å². The molecule has 0 N–H and O–H groups in total. The maximum atomic E-state index is 6.32. The summed E-state index contributed by atoms with van der Waals surface area (Å²) in [5.41, 5.74) is 4.14. The average molecular weight is 444 g/mol. The first-order chi connectivity index (χ1) is 16.2. The van der Waals surface area contributed by atoms with Crippen LogP contribution in [0, 0.1) is 0 Å². The molecule has 0 spiro atoms. The smallest absolute Gasteiger partial charge is 0.208 e. The molecule has 33 heavy (non-hydrogen) atoms. The van der Waals surface area contributed by atoms with Crippen molar-refractivity contribution in [3.63, 3.8) is 0 Å². The van der Waals surface area contributed by atoms with Crippen LogP contribution in [0.25, 0.3) is 55.4 Å². The zero-order valence-corrected chi connectivity index (χ0v) is 18.4. The van der Waals surface area contributed by atoms with Crippen molar-refractivity contribution in [1.29, 1.82) is 0 Å². The van der Waals surface area contributed by atoms with E-state index in [2.05, 4.69) is 76.7 Å². The Morgan fingerprint density at radius 3 is 1.97 bits per heavy atom. The highest BCUT2D eigenvalue weighted by Crippen LogP contribution is 2.33. The normalized spacial score (nSPS) is 11.2. The molecule has 0 fully saturated rings. The lowest BCUT2D eigenvalue weighted by molar-refractivity contribution is 1.07. The summed E-state index contributed by atoms with van der Waals surface area (Å²) in [6.07, 6.45) is 0. The summed E-state index contributed by atoms with van der Waals surface area (Å²) in [5, 5.41) is 4.83. The van der Waals surface area contributed by atoms with E-state index >= 15 is 0 Å². The summed E-state index contributed by atoms with van der Waals surface area (Å²) in [7, 11) is 0. The van der Waals surface area contributed by atoms with Crippen LogP contribution in [0.3, 0.4) is 0 Å². The fourth-order valence-corrected chi connectivity index (χ4v) is 4.36. The zero-order chi connectivity index (χ0) is 22.2. The van der Waals surface area contributed by atoms with Crippen molar-refractivity contribution in [3.05, 3.63) is 114 Å². The van der Waals surface area contributed by atoms with Gasteiger partial charge in [0.1, 0.15) is 0 Å². The number of rotatable bonds is 3. The van der Waals surface area contributed by atoms with Gasteiger partial charge < -0.3 is 0 Å². The molecular formula is C29H18ClN3. The lowest BCUT2D eigenvalue weighted by atomic mass is 9.96. The summed E-state index contributed by atoms with van der Waals surface area (Å²) in [4.78, 5) is 13.6. The predicted octanol–water partition coefficient (Wildman–Crippen LogP) is 7.83. The van der Waals surface area contributed by atoms with Crippen LogP contribution in [0.15, 0.2) is 109 Å². The molecule has 0 unspecified atom stereocenters. The van der Waals surface area contributed by atoms with Crippen LogP contribution in [0.4, 0.5) is 0 Å². The van der Waals surface area contributed by atoms with Gasteiger partial charge in [-0.3, -0.25) is 0 Å². The minimum atomic E-state index is 0.182. The van der Waals surface area contributed by atoms with E-state index < -0.39 is 0 Å². The lowest BCUT2D eigenvalue weighted by Gasteiger charge is -2.10. The minimum absolute atomic E-state index is 0.182. The van der Waals surface area contributed by atoms with Gasteiger partial charge in [-0.1, -0.05) is 97.1 Å². The Labute approximate surface area is 196 Å². The van der Waals surface area contributed by atoms with Crippen molar-refractivity contribution in [2.24, 2.45) is 0 Å². The molecule has 0 radical (unpaired) electrons. The molecule has 4 heteroatoms. The van der Waals surface area contributed by atoms with Gasteiger partial charge in [-0.2, -0.15) is 9.97 Å². The Morgan fingerprint density at radius 2 is 1.12 bits per heavy atom. The van der Waals surface area contributed by atoms with Gasteiger partial charge in [0, 0.05) is 11.1 Å².